The summed E-state index contributed by atoms with van der Waals surface area (Å²) in [4.78, 5) is 15.0. The van der Waals surface area contributed by atoms with Gasteiger partial charge >= 0.3 is 0 Å². The van der Waals surface area contributed by atoms with Gasteiger partial charge in [-0.1, -0.05) is 0 Å². The first kappa shape index (κ1) is 9.39. The van der Waals surface area contributed by atoms with E-state index in [-0.39, 0.29) is 5.91 Å². The highest BCUT2D eigenvalue weighted by Crippen LogP contribution is 1.91. The Labute approximate surface area is 60.7 Å². The van der Waals surface area contributed by atoms with E-state index in [2.05, 4.69) is 10.3 Å². The third-order valence-corrected chi connectivity index (χ3v) is 1.07. The summed E-state index contributed by atoms with van der Waals surface area (Å²) in [6.45, 7) is 0.639. The van der Waals surface area contributed by atoms with Crippen molar-refractivity contribution in [3.05, 3.63) is 0 Å². The number of amides is 1. The van der Waals surface area contributed by atoms with Gasteiger partial charge in [0, 0.05) is 6.42 Å². The number of carbonyl (C=O) groups excluding carboxylic acids is 1. The molecule has 0 saturated heterocycles. The molecule has 1 amide bonds. The Morgan fingerprint density at radius 1 is 1.60 bits per heavy atom. The van der Waals surface area contributed by atoms with Crippen LogP contribution in [0.3, 0.4) is 0 Å². The van der Waals surface area contributed by atoms with Gasteiger partial charge in [0.15, 0.2) is 0 Å². The smallest absolute Gasteiger partial charge is 0.243 e. The number of carbonyl (C=O) groups is 1. The van der Waals surface area contributed by atoms with Crippen LogP contribution in [0.15, 0.2) is 0 Å². The Morgan fingerprint density at radius 2 is 2.30 bits per heavy atom. The van der Waals surface area contributed by atoms with Gasteiger partial charge < -0.3 is 5.73 Å². The second kappa shape index (κ2) is 6.51. The maximum Gasteiger partial charge on any atom is 0.243 e. The highest BCUT2D eigenvalue weighted by molar-refractivity contribution is 5.74. The number of nitrogens with two attached hydrogens (primary N) is 1. The molecule has 0 aliphatic heterocycles. The summed E-state index contributed by atoms with van der Waals surface area (Å²) in [5.41, 5.74) is 7.45. The highest BCUT2D eigenvalue weighted by Gasteiger charge is 1.97. The highest BCUT2D eigenvalue weighted by atomic mass is 16.6. The van der Waals surface area contributed by atoms with Crippen molar-refractivity contribution in [2.45, 2.75) is 19.3 Å². The second-order valence-electron chi connectivity index (χ2n) is 1.98. The molecule has 0 fully saturated rings. The van der Waals surface area contributed by atoms with Gasteiger partial charge in [-0.2, -0.15) is 0 Å². The molecule has 0 rings (SSSR count). The van der Waals surface area contributed by atoms with Gasteiger partial charge in [-0.05, 0) is 19.4 Å². The van der Waals surface area contributed by atoms with E-state index >= 15 is 0 Å². The van der Waals surface area contributed by atoms with Gasteiger partial charge in [0.1, 0.15) is 0 Å². The predicted molar refractivity (Wildman–Crippen MR) is 38.1 cm³/mol. The van der Waals surface area contributed by atoms with E-state index in [0.29, 0.717) is 13.0 Å². The van der Waals surface area contributed by atoms with Gasteiger partial charge in [-0.15, -0.1) is 0 Å². The third-order valence-electron chi connectivity index (χ3n) is 1.07. The molecule has 0 aliphatic rings. The first-order chi connectivity index (χ1) is 4.81. The van der Waals surface area contributed by atoms with E-state index in [1.807, 2.05) is 0 Å². The van der Waals surface area contributed by atoms with Gasteiger partial charge in [0.25, 0.3) is 0 Å². The fourth-order valence-electron chi connectivity index (χ4n) is 0.595. The predicted octanol–water partition coefficient (Wildman–Crippen LogP) is -0.207. The van der Waals surface area contributed by atoms with Crippen molar-refractivity contribution in [3.63, 3.8) is 0 Å². The molecule has 0 radical (unpaired) electrons. The molecule has 10 heavy (non-hydrogen) atoms. The van der Waals surface area contributed by atoms with Crippen LogP contribution < -0.4 is 11.2 Å². The van der Waals surface area contributed by atoms with Crippen LogP contribution in [0.5, 0.6) is 0 Å². The van der Waals surface area contributed by atoms with Crippen LogP contribution in [0.25, 0.3) is 0 Å². The monoisotopic (exact) mass is 146 g/mol. The Balaban J connectivity index is 3.05. The lowest BCUT2D eigenvalue weighted by molar-refractivity contribution is -0.131. The first-order valence-electron chi connectivity index (χ1n) is 3.33. The molecule has 4 heteroatoms. The SMILES string of the molecule is CONC(=O)CCCCN. The summed E-state index contributed by atoms with van der Waals surface area (Å²) < 4.78 is 0. The average Bonchev–Trinajstić information content (AvgIpc) is 1.89. The molecule has 0 aromatic heterocycles. The molecule has 0 aliphatic carbocycles. The van der Waals surface area contributed by atoms with Crippen molar-refractivity contribution in [1.82, 2.24) is 5.48 Å². The maximum atomic E-state index is 10.6. The average molecular weight is 146 g/mol. The van der Waals surface area contributed by atoms with Crippen LogP contribution in [0.4, 0.5) is 0 Å². The van der Waals surface area contributed by atoms with Crippen molar-refractivity contribution < 1.29 is 9.63 Å². The maximum absolute atomic E-state index is 10.6. The Morgan fingerprint density at radius 3 is 2.80 bits per heavy atom. The number of unbranched alkanes of at least 4 members (excludes halogenated alkanes) is 1. The van der Waals surface area contributed by atoms with E-state index in [9.17, 15) is 4.79 Å². The second-order valence-corrected chi connectivity index (χ2v) is 1.98. The minimum Gasteiger partial charge on any atom is -0.330 e. The number of hydroxylamine groups is 1. The molecule has 0 unspecified atom stereocenters. The number of hydrogen-bond donors (Lipinski definition) is 2. The fourth-order valence-corrected chi connectivity index (χ4v) is 0.595. The summed E-state index contributed by atoms with van der Waals surface area (Å²) in [6, 6.07) is 0. The Hall–Kier alpha value is -0.610. The van der Waals surface area contributed by atoms with Crippen molar-refractivity contribution in [1.29, 1.82) is 0 Å². The summed E-state index contributed by atoms with van der Waals surface area (Å²) in [5.74, 6) is -0.0871. The van der Waals surface area contributed by atoms with Crippen LogP contribution >= 0.6 is 0 Å². The van der Waals surface area contributed by atoms with Gasteiger partial charge in [-0.3, -0.25) is 9.63 Å². The van der Waals surface area contributed by atoms with Crippen molar-refractivity contribution in [2.24, 2.45) is 5.73 Å². The Kier molecular flexibility index (Phi) is 6.11. The molecule has 0 aromatic carbocycles. The summed E-state index contributed by atoms with van der Waals surface area (Å²) in [7, 11) is 1.42. The molecule has 0 spiro atoms. The topological polar surface area (TPSA) is 64.3 Å². The van der Waals surface area contributed by atoms with Crippen molar-refractivity contribution in [3.8, 4) is 0 Å². The number of rotatable bonds is 5. The molecule has 4 nitrogen and oxygen atoms in total. The lowest BCUT2D eigenvalue weighted by Gasteiger charge is -1.99. The minimum absolute atomic E-state index is 0.0871. The quantitative estimate of drug-likeness (QED) is 0.417. The number of nitrogens with one attached hydrogen (secondary N) is 1. The van der Waals surface area contributed by atoms with Crippen molar-refractivity contribution >= 4 is 5.91 Å². The van der Waals surface area contributed by atoms with Crippen LogP contribution in [0.1, 0.15) is 19.3 Å². The fraction of sp³-hybridized carbons (Fsp3) is 0.833. The van der Waals surface area contributed by atoms with Gasteiger partial charge in [-0.25, -0.2) is 5.48 Å². The van der Waals surface area contributed by atoms with Crippen LogP contribution in [-0.4, -0.2) is 19.6 Å². The van der Waals surface area contributed by atoms with Gasteiger partial charge in [0.2, 0.25) is 5.91 Å². The molecule has 0 heterocycles. The summed E-state index contributed by atoms with van der Waals surface area (Å²) in [5, 5.41) is 0. The van der Waals surface area contributed by atoms with E-state index in [1.165, 1.54) is 7.11 Å². The lowest BCUT2D eigenvalue weighted by atomic mass is 10.2. The zero-order valence-electron chi connectivity index (χ0n) is 6.22. The molecule has 0 saturated carbocycles. The molecule has 0 atom stereocenters. The lowest BCUT2D eigenvalue weighted by Crippen LogP contribution is -2.21. The summed E-state index contributed by atoms with van der Waals surface area (Å²) in [6.07, 6.45) is 2.20. The van der Waals surface area contributed by atoms with Crippen LogP contribution in [-0.2, 0) is 9.63 Å². The van der Waals surface area contributed by atoms with Gasteiger partial charge in [0.05, 0.1) is 7.11 Å². The summed E-state index contributed by atoms with van der Waals surface area (Å²) >= 11 is 0. The molecule has 0 bridgehead atoms. The molecular formula is C6H14N2O2. The van der Waals surface area contributed by atoms with E-state index in [1.54, 1.807) is 0 Å². The normalized spacial score (nSPS) is 9.40. The largest absolute Gasteiger partial charge is 0.330 e. The van der Waals surface area contributed by atoms with E-state index < -0.39 is 0 Å². The Bertz CT molecular complexity index is 95.7. The molecular weight excluding hydrogens is 132 g/mol. The third kappa shape index (κ3) is 5.53. The molecule has 60 valence electrons. The van der Waals surface area contributed by atoms with E-state index in [4.69, 9.17) is 5.73 Å². The molecule has 0 aromatic rings. The van der Waals surface area contributed by atoms with Crippen LogP contribution in [0.2, 0.25) is 0 Å². The standard InChI is InChI=1S/C6H14N2O2/c1-10-8-6(9)4-2-3-5-7/h2-5,7H2,1H3,(H,8,9). The zero-order chi connectivity index (χ0) is 7.82. The minimum atomic E-state index is -0.0871. The first-order valence-corrected chi connectivity index (χ1v) is 3.33. The van der Waals surface area contributed by atoms with E-state index in [0.717, 1.165) is 12.8 Å². The van der Waals surface area contributed by atoms with Crippen molar-refractivity contribution in [2.75, 3.05) is 13.7 Å². The zero-order valence-corrected chi connectivity index (χ0v) is 6.22. The molecule has 3 N–H and O–H groups in total. The number of hydrogen-bond acceptors (Lipinski definition) is 3. The van der Waals surface area contributed by atoms with Crippen LogP contribution in [0, 0.1) is 0 Å².